The van der Waals surface area contributed by atoms with E-state index in [0.29, 0.717) is 13.0 Å². The predicted octanol–water partition coefficient (Wildman–Crippen LogP) is -0.300. The van der Waals surface area contributed by atoms with Crippen LogP contribution < -0.4 is 5.32 Å². The molecule has 1 saturated heterocycles. The van der Waals surface area contributed by atoms with Gasteiger partial charge < -0.3 is 10.2 Å². The van der Waals surface area contributed by atoms with Crippen LogP contribution in [-0.2, 0) is 23.1 Å². The standard InChI is InChI=1S/C12H18N4O2/c1-12(2)11(18)13-8-10(17)16(12)7-5-9-4-6-14-15(9)3/h4,6H,5,7-8H2,1-3H3,(H,13,18). The van der Waals surface area contributed by atoms with E-state index in [2.05, 4.69) is 10.4 Å². The Morgan fingerprint density at radius 3 is 2.78 bits per heavy atom. The third-order valence-electron chi connectivity index (χ3n) is 3.45. The number of hydrogen-bond acceptors (Lipinski definition) is 3. The van der Waals surface area contributed by atoms with Crippen molar-refractivity contribution in [2.75, 3.05) is 13.1 Å². The summed E-state index contributed by atoms with van der Waals surface area (Å²) >= 11 is 0. The fourth-order valence-corrected chi connectivity index (χ4v) is 2.18. The fraction of sp³-hybridized carbons (Fsp3) is 0.583. The molecular formula is C12H18N4O2. The molecule has 1 aliphatic heterocycles. The van der Waals surface area contributed by atoms with Crippen LogP contribution in [0.1, 0.15) is 19.5 Å². The lowest BCUT2D eigenvalue weighted by atomic mass is 9.98. The highest BCUT2D eigenvalue weighted by Gasteiger charge is 2.41. The average Bonchev–Trinajstić information content (AvgIpc) is 2.70. The first kappa shape index (κ1) is 12.6. The van der Waals surface area contributed by atoms with Crippen molar-refractivity contribution in [3.63, 3.8) is 0 Å². The van der Waals surface area contributed by atoms with Gasteiger partial charge in [0.25, 0.3) is 0 Å². The molecule has 0 unspecified atom stereocenters. The number of nitrogens with one attached hydrogen (secondary N) is 1. The van der Waals surface area contributed by atoms with Gasteiger partial charge in [-0.25, -0.2) is 0 Å². The van der Waals surface area contributed by atoms with Crippen LogP contribution in [0.3, 0.4) is 0 Å². The van der Waals surface area contributed by atoms with Gasteiger partial charge in [-0.15, -0.1) is 0 Å². The molecule has 0 aromatic carbocycles. The normalized spacial score (nSPS) is 18.9. The summed E-state index contributed by atoms with van der Waals surface area (Å²) in [6, 6.07) is 1.92. The maximum atomic E-state index is 11.9. The summed E-state index contributed by atoms with van der Waals surface area (Å²) in [7, 11) is 1.87. The quantitative estimate of drug-likeness (QED) is 0.801. The largest absolute Gasteiger partial charge is 0.345 e. The molecule has 18 heavy (non-hydrogen) atoms. The number of rotatable bonds is 3. The first-order chi connectivity index (χ1) is 8.43. The number of carbonyl (C=O) groups is 2. The molecule has 2 rings (SSSR count). The van der Waals surface area contributed by atoms with Gasteiger partial charge in [0.05, 0.1) is 6.54 Å². The molecule has 1 N–H and O–H groups in total. The highest BCUT2D eigenvalue weighted by Crippen LogP contribution is 2.18. The lowest BCUT2D eigenvalue weighted by Gasteiger charge is -2.41. The van der Waals surface area contributed by atoms with E-state index < -0.39 is 5.54 Å². The third kappa shape index (κ3) is 2.10. The van der Waals surface area contributed by atoms with Gasteiger partial charge in [0.15, 0.2) is 0 Å². The van der Waals surface area contributed by atoms with Crippen molar-refractivity contribution < 1.29 is 9.59 Å². The molecule has 0 aliphatic carbocycles. The van der Waals surface area contributed by atoms with E-state index >= 15 is 0 Å². The summed E-state index contributed by atoms with van der Waals surface area (Å²) in [6.07, 6.45) is 2.42. The number of hydrogen-bond donors (Lipinski definition) is 1. The van der Waals surface area contributed by atoms with Crippen molar-refractivity contribution in [3.05, 3.63) is 18.0 Å². The molecule has 6 heteroatoms. The smallest absolute Gasteiger partial charge is 0.245 e. The van der Waals surface area contributed by atoms with Gasteiger partial charge in [-0.3, -0.25) is 14.3 Å². The van der Waals surface area contributed by atoms with Crippen molar-refractivity contribution in [1.29, 1.82) is 0 Å². The second kappa shape index (κ2) is 4.44. The zero-order chi connectivity index (χ0) is 13.3. The molecule has 1 aromatic rings. The summed E-state index contributed by atoms with van der Waals surface area (Å²) in [5.41, 5.74) is 0.262. The second-order valence-corrected chi connectivity index (χ2v) is 4.98. The van der Waals surface area contributed by atoms with E-state index in [1.807, 2.05) is 13.1 Å². The number of piperazine rings is 1. The van der Waals surface area contributed by atoms with Gasteiger partial charge in [0.2, 0.25) is 11.8 Å². The van der Waals surface area contributed by atoms with Crippen LogP contribution in [-0.4, -0.2) is 45.1 Å². The average molecular weight is 250 g/mol. The van der Waals surface area contributed by atoms with Crippen LogP contribution in [0.4, 0.5) is 0 Å². The maximum Gasteiger partial charge on any atom is 0.245 e. The van der Waals surface area contributed by atoms with Crippen LogP contribution in [0.15, 0.2) is 12.3 Å². The molecular weight excluding hydrogens is 232 g/mol. The third-order valence-corrected chi connectivity index (χ3v) is 3.45. The molecule has 2 amide bonds. The highest BCUT2D eigenvalue weighted by molar-refractivity contribution is 5.97. The zero-order valence-corrected chi connectivity index (χ0v) is 10.9. The predicted molar refractivity (Wildman–Crippen MR) is 65.7 cm³/mol. The van der Waals surface area contributed by atoms with Gasteiger partial charge in [0.1, 0.15) is 5.54 Å². The Kier molecular flexibility index (Phi) is 3.11. The molecule has 2 heterocycles. The van der Waals surface area contributed by atoms with Crippen LogP contribution in [0.25, 0.3) is 0 Å². The molecule has 1 aliphatic rings. The van der Waals surface area contributed by atoms with Gasteiger partial charge in [-0.05, 0) is 19.9 Å². The number of aromatic nitrogens is 2. The Bertz CT molecular complexity index is 478. The van der Waals surface area contributed by atoms with Crippen LogP contribution >= 0.6 is 0 Å². The molecule has 0 bridgehead atoms. The topological polar surface area (TPSA) is 67.2 Å². The molecule has 0 radical (unpaired) electrons. The fourth-order valence-electron chi connectivity index (χ4n) is 2.18. The van der Waals surface area contributed by atoms with Crippen LogP contribution in [0, 0.1) is 0 Å². The molecule has 0 spiro atoms. The van der Waals surface area contributed by atoms with Gasteiger partial charge in [0, 0.05) is 31.9 Å². The lowest BCUT2D eigenvalue weighted by Crippen LogP contribution is -2.64. The SMILES string of the molecule is Cn1nccc1CCN1C(=O)CNC(=O)C1(C)C. The molecule has 0 saturated carbocycles. The van der Waals surface area contributed by atoms with Crippen molar-refractivity contribution in [2.45, 2.75) is 25.8 Å². The minimum atomic E-state index is -0.784. The Hall–Kier alpha value is -1.85. The summed E-state index contributed by atoms with van der Waals surface area (Å²) in [5.74, 6) is -0.145. The Balaban J connectivity index is 2.09. The minimum absolute atomic E-state index is 0.0400. The summed E-state index contributed by atoms with van der Waals surface area (Å²) in [4.78, 5) is 25.3. The van der Waals surface area contributed by atoms with Crippen molar-refractivity contribution in [2.24, 2.45) is 7.05 Å². The van der Waals surface area contributed by atoms with E-state index in [0.717, 1.165) is 5.69 Å². The van der Waals surface area contributed by atoms with E-state index in [9.17, 15) is 9.59 Å². The van der Waals surface area contributed by atoms with Crippen LogP contribution in [0.2, 0.25) is 0 Å². The van der Waals surface area contributed by atoms with E-state index in [-0.39, 0.29) is 18.4 Å². The van der Waals surface area contributed by atoms with Crippen LogP contribution in [0.5, 0.6) is 0 Å². The van der Waals surface area contributed by atoms with E-state index in [1.54, 1.807) is 29.6 Å². The Labute approximate surface area is 106 Å². The zero-order valence-electron chi connectivity index (χ0n) is 10.9. The monoisotopic (exact) mass is 250 g/mol. The highest BCUT2D eigenvalue weighted by atomic mass is 16.2. The van der Waals surface area contributed by atoms with Crippen molar-refractivity contribution in [3.8, 4) is 0 Å². The lowest BCUT2D eigenvalue weighted by molar-refractivity contribution is -0.151. The van der Waals surface area contributed by atoms with Gasteiger partial charge >= 0.3 is 0 Å². The second-order valence-electron chi connectivity index (χ2n) is 4.98. The summed E-state index contributed by atoms with van der Waals surface area (Å²) in [6.45, 7) is 4.15. The molecule has 98 valence electrons. The first-order valence-electron chi connectivity index (χ1n) is 5.98. The number of nitrogens with zero attached hydrogens (tertiary/aromatic N) is 3. The Morgan fingerprint density at radius 1 is 1.44 bits per heavy atom. The minimum Gasteiger partial charge on any atom is -0.345 e. The van der Waals surface area contributed by atoms with E-state index in [4.69, 9.17) is 0 Å². The summed E-state index contributed by atoms with van der Waals surface area (Å²) < 4.78 is 1.78. The molecule has 6 nitrogen and oxygen atoms in total. The molecule has 0 atom stereocenters. The maximum absolute atomic E-state index is 11.9. The number of carbonyl (C=O) groups excluding carboxylic acids is 2. The number of amides is 2. The van der Waals surface area contributed by atoms with Crippen molar-refractivity contribution in [1.82, 2.24) is 20.0 Å². The van der Waals surface area contributed by atoms with Gasteiger partial charge in [-0.2, -0.15) is 5.10 Å². The first-order valence-corrected chi connectivity index (χ1v) is 5.98. The Morgan fingerprint density at radius 2 is 2.17 bits per heavy atom. The number of aryl methyl sites for hydroxylation is 1. The molecule has 1 aromatic heterocycles. The van der Waals surface area contributed by atoms with E-state index in [1.165, 1.54) is 0 Å². The van der Waals surface area contributed by atoms with Gasteiger partial charge in [-0.1, -0.05) is 0 Å². The van der Waals surface area contributed by atoms with Crippen molar-refractivity contribution >= 4 is 11.8 Å². The summed E-state index contributed by atoms with van der Waals surface area (Å²) in [5, 5.41) is 6.69. The molecule has 1 fully saturated rings.